The van der Waals surface area contributed by atoms with Crippen molar-refractivity contribution in [3.63, 3.8) is 0 Å². The summed E-state index contributed by atoms with van der Waals surface area (Å²) in [4.78, 5) is 28.1. The SMILES string of the molecule is COc1ccc(C2/C(=C(/O)c3ccc(C)cc3)C(=O)C(=O)N2c2nnc(SCc3ccccc3F)s2)cc1OC. The molecule has 1 atom stereocenters. The molecule has 1 aromatic heterocycles. The van der Waals surface area contributed by atoms with Crippen LogP contribution in [0.2, 0.25) is 0 Å². The average Bonchev–Trinajstić information content (AvgIpc) is 3.54. The highest BCUT2D eigenvalue weighted by Crippen LogP contribution is 2.45. The molecule has 40 heavy (non-hydrogen) atoms. The molecule has 5 rings (SSSR count). The van der Waals surface area contributed by atoms with Crippen LogP contribution in [0.25, 0.3) is 5.76 Å². The maximum atomic E-state index is 14.1. The van der Waals surface area contributed by atoms with Crippen LogP contribution in [0.4, 0.5) is 9.52 Å². The van der Waals surface area contributed by atoms with Crippen LogP contribution in [0.15, 0.2) is 76.6 Å². The molecule has 3 aromatic carbocycles. The van der Waals surface area contributed by atoms with Gasteiger partial charge in [-0.15, -0.1) is 10.2 Å². The summed E-state index contributed by atoms with van der Waals surface area (Å²) in [5.41, 5.74) is 2.29. The molecule has 1 aliphatic rings. The van der Waals surface area contributed by atoms with Crippen molar-refractivity contribution in [1.29, 1.82) is 0 Å². The van der Waals surface area contributed by atoms with Crippen LogP contribution in [0.5, 0.6) is 11.5 Å². The molecule has 0 radical (unpaired) electrons. The number of aliphatic hydroxyl groups is 1. The van der Waals surface area contributed by atoms with Gasteiger partial charge in [-0.05, 0) is 36.2 Å². The Labute approximate surface area is 238 Å². The molecule has 1 fully saturated rings. The number of anilines is 1. The first-order chi connectivity index (χ1) is 19.3. The molecule has 1 amide bonds. The molecule has 0 saturated carbocycles. The molecule has 1 unspecified atom stereocenters. The number of carbonyl (C=O) groups excluding carboxylic acids is 2. The molecule has 1 aliphatic heterocycles. The van der Waals surface area contributed by atoms with Gasteiger partial charge < -0.3 is 14.6 Å². The van der Waals surface area contributed by atoms with Gasteiger partial charge in [0.05, 0.1) is 25.8 Å². The largest absolute Gasteiger partial charge is 0.507 e. The Hall–Kier alpha value is -4.22. The zero-order valence-electron chi connectivity index (χ0n) is 21.8. The lowest BCUT2D eigenvalue weighted by atomic mass is 9.95. The molecule has 1 N–H and O–H groups in total. The maximum absolute atomic E-state index is 14.1. The first-order valence-electron chi connectivity index (χ1n) is 12.1. The Kier molecular flexibility index (Phi) is 7.85. The predicted molar refractivity (Wildman–Crippen MR) is 151 cm³/mol. The molecule has 0 aliphatic carbocycles. The van der Waals surface area contributed by atoms with Gasteiger partial charge in [0.2, 0.25) is 5.13 Å². The van der Waals surface area contributed by atoms with E-state index < -0.39 is 17.7 Å². The number of rotatable bonds is 8. The summed E-state index contributed by atoms with van der Waals surface area (Å²) in [6.45, 7) is 1.91. The van der Waals surface area contributed by atoms with E-state index in [0.717, 1.165) is 16.9 Å². The van der Waals surface area contributed by atoms with E-state index in [1.807, 2.05) is 6.92 Å². The molecule has 1 saturated heterocycles. The summed E-state index contributed by atoms with van der Waals surface area (Å²) >= 11 is 2.37. The third-order valence-corrected chi connectivity index (χ3v) is 8.51. The Balaban J connectivity index is 1.58. The van der Waals surface area contributed by atoms with Crippen LogP contribution in [-0.2, 0) is 15.3 Å². The summed E-state index contributed by atoms with van der Waals surface area (Å²) in [5.74, 6) is -1.17. The van der Waals surface area contributed by atoms with Gasteiger partial charge in [0, 0.05) is 11.3 Å². The van der Waals surface area contributed by atoms with Crippen LogP contribution >= 0.6 is 23.1 Å². The number of ether oxygens (including phenoxy) is 2. The van der Waals surface area contributed by atoms with Gasteiger partial charge in [-0.1, -0.05) is 77.2 Å². The summed E-state index contributed by atoms with van der Waals surface area (Å²) in [6, 6.07) is 17.4. The highest BCUT2D eigenvalue weighted by atomic mass is 32.2. The van der Waals surface area contributed by atoms with E-state index in [0.29, 0.717) is 38.3 Å². The lowest BCUT2D eigenvalue weighted by molar-refractivity contribution is -0.132. The number of thioether (sulfide) groups is 1. The summed E-state index contributed by atoms with van der Waals surface area (Å²) in [6.07, 6.45) is 0. The second kappa shape index (κ2) is 11.5. The number of Topliss-reactive ketones (excluding diaryl/α,β-unsaturated/α-hetero) is 1. The zero-order chi connectivity index (χ0) is 28.4. The molecular formula is C29H24FN3O5S2. The van der Waals surface area contributed by atoms with Crippen LogP contribution in [0.3, 0.4) is 0 Å². The van der Waals surface area contributed by atoms with Crippen LogP contribution in [0, 0.1) is 12.7 Å². The first-order valence-corrected chi connectivity index (χ1v) is 13.9. The Morgan fingerprint density at radius 1 is 1.02 bits per heavy atom. The number of aromatic nitrogens is 2. The van der Waals surface area contributed by atoms with Gasteiger partial charge in [0.15, 0.2) is 15.8 Å². The van der Waals surface area contributed by atoms with Crippen molar-refractivity contribution in [2.45, 2.75) is 23.1 Å². The monoisotopic (exact) mass is 577 g/mol. The van der Waals surface area contributed by atoms with Crippen LogP contribution < -0.4 is 14.4 Å². The first kappa shape index (κ1) is 27.4. The number of carbonyl (C=O) groups is 2. The Morgan fingerprint density at radius 2 is 1.75 bits per heavy atom. The highest BCUT2D eigenvalue weighted by Gasteiger charge is 2.48. The number of nitrogens with zero attached hydrogens (tertiary/aromatic N) is 3. The number of halogens is 1. The number of hydrogen-bond acceptors (Lipinski definition) is 9. The van der Waals surface area contributed by atoms with Gasteiger partial charge in [0.1, 0.15) is 11.6 Å². The number of aryl methyl sites for hydroxylation is 1. The van der Waals surface area contributed by atoms with Gasteiger partial charge in [0.25, 0.3) is 5.78 Å². The number of aliphatic hydroxyl groups excluding tert-OH is 1. The summed E-state index contributed by atoms with van der Waals surface area (Å²) in [7, 11) is 2.98. The minimum absolute atomic E-state index is 0.0863. The molecule has 8 nitrogen and oxygen atoms in total. The second-order valence-corrected chi connectivity index (χ2v) is 11.1. The number of ketones is 1. The quantitative estimate of drug-likeness (QED) is 0.0905. The average molecular weight is 578 g/mol. The maximum Gasteiger partial charge on any atom is 0.301 e. The van der Waals surface area contributed by atoms with Crippen LogP contribution in [0.1, 0.15) is 28.3 Å². The van der Waals surface area contributed by atoms with Crippen LogP contribution in [-0.4, -0.2) is 41.2 Å². The van der Waals surface area contributed by atoms with Gasteiger partial charge in [-0.25, -0.2) is 4.39 Å². The van der Waals surface area contributed by atoms with E-state index in [9.17, 15) is 19.1 Å². The van der Waals surface area contributed by atoms with E-state index in [2.05, 4.69) is 10.2 Å². The Morgan fingerprint density at radius 3 is 2.45 bits per heavy atom. The number of hydrogen-bond donors (Lipinski definition) is 1. The fourth-order valence-electron chi connectivity index (χ4n) is 4.35. The minimum atomic E-state index is -1.02. The normalized spacial score (nSPS) is 16.4. The highest BCUT2D eigenvalue weighted by molar-refractivity contribution is 8.00. The fourth-order valence-corrected chi connectivity index (χ4v) is 6.20. The Bertz CT molecular complexity index is 1620. The van der Waals surface area contributed by atoms with E-state index in [4.69, 9.17) is 9.47 Å². The van der Waals surface area contributed by atoms with Crippen molar-refractivity contribution in [3.8, 4) is 11.5 Å². The van der Waals surface area contributed by atoms with E-state index in [1.165, 1.54) is 36.9 Å². The minimum Gasteiger partial charge on any atom is -0.507 e. The molecule has 0 bridgehead atoms. The molecule has 2 heterocycles. The lowest BCUT2D eigenvalue weighted by Gasteiger charge is -2.23. The zero-order valence-corrected chi connectivity index (χ0v) is 23.4. The molecule has 4 aromatic rings. The number of benzene rings is 3. The standard InChI is InChI=1S/C29H24FN3O5S2/c1-16-8-10-17(11-9-16)25(34)23-24(18-12-13-21(37-2)22(14-18)38-3)33(27(36)26(23)35)28-31-32-29(40-28)39-15-19-6-4-5-7-20(19)30/h4-14,24,34H,15H2,1-3H3/b25-23-. The van der Waals surface area contributed by atoms with E-state index in [1.54, 1.807) is 60.7 Å². The van der Waals surface area contributed by atoms with E-state index >= 15 is 0 Å². The number of amides is 1. The summed E-state index contributed by atoms with van der Waals surface area (Å²) < 4.78 is 25.4. The van der Waals surface area contributed by atoms with Gasteiger partial charge in [-0.2, -0.15) is 0 Å². The van der Waals surface area contributed by atoms with Gasteiger partial charge >= 0.3 is 5.91 Å². The molecular weight excluding hydrogens is 553 g/mol. The third kappa shape index (κ3) is 5.17. The van der Waals surface area contributed by atoms with Crippen molar-refractivity contribution < 1.29 is 28.6 Å². The predicted octanol–water partition coefficient (Wildman–Crippen LogP) is 5.92. The molecule has 11 heteroatoms. The second-order valence-electron chi connectivity index (χ2n) is 8.88. The molecule has 204 valence electrons. The van der Waals surface area contributed by atoms with Crippen molar-refractivity contribution in [1.82, 2.24) is 10.2 Å². The summed E-state index contributed by atoms with van der Waals surface area (Å²) in [5, 5.41) is 19.9. The fraction of sp³-hybridized carbons (Fsp3) is 0.172. The third-order valence-electron chi connectivity index (χ3n) is 6.40. The van der Waals surface area contributed by atoms with Crippen molar-refractivity contribution in [2.24, 2.45) is 0 Å². The van der Waals surface area contributed by atoms with Gasteiger partial charge in [-0.3, -0.25) is 14.5 Å². The smallest absolute Gasteiger partial charge is 0.301 e. The topological polar surface area (TPSA) is 102 Å². The molecule has 0 spiro atoms. The van der Waals surface area contributed by atoms with Crippen molar-refractivity contribution >= 4 is 45.7 Å². The number of methoxy groups -OCH3 is 2. The van der Waals surface area contributed by atoms with Crippen molar-refractivity contribution in [2.75, 3.05) is 19.1 Å². The van der Waals surface area contributed by atoms with Crippen molar-refractivity contribution in [3.05, 3.63) is 100 Å². The van der Waals surface area contributed by atoms with E-state index in [-0.39, 0.29) is 22.3 Å². The lowest BCUT2D eigenvalue weighted by Crippen LogP contribution is -2.29.